The smallest absolute Gasteiger partial charge is 0.331 e. The monoisotopic (exact) mass is 295 g/mol. The molecule has 0 atom stereocenters. The third-order valence-corrected chi connectivity index (χ3v) is 2.49. The summed E-state index contributed by atoms with van der Waals surface area (Å²) < 4.78 is 31.7. The predicted molar refractivity (Wildman–Crippen MR) is 71.5 cm³/mol. The van der Waals surface area contributed by atoms with Crippen LogP contribution in [0.5, 0.6) is 11.6 Å². The molecule has 6 nitrogen and oxygen atoms in total. The van der Waals surface area contributed by atoms with Gasteiger partial charge in [0, 0.05) is 18.7 Å². The number of aromatic nitrogens is 1. The lowest BCUT2D eigenvalue weighted by atomic mass is 10.3. The number of hydrogen-bond acceptors (Lipinski definition) is 5. The second-order valence-electron chi connectivity index (χ2n) is 3.99. The Kier molecular flexibility index (Phi) is 4.27. The highest BCUT2D eigenvalue weighted by atomic mass is 19.1. The van der Waals surface area contributed by atoms with Crippen LogP contribution in [0.2, 0.25) is 0 Å². The third kappa shape index (κ3) is 3.41. The van der Waals surface area contributed by atoms with Crippen LogP contribution in [0.3, 0.4) is 0 Å². The number of anilines is 1. The van der Waals surface area contributed by atoms with Crippen molar-refractivity contribution in [2.75, 3.05) is 11.9 Å². The Morgan fingerprint density at radius 2 is 2.10 bits per heavy atom. The zero-order valence-electron chi connectivity index (χ0n) is 11.0. The van der Waals surface area contributed by atoms with E-state index >= 15 is 0 Å². The van der Waals surface area contributed by atoms with Crippen LogP contribution in [0.15, 0.2) is 30.3 Å². The van der Waals surface area contributed by atoms with E-state index in [0.29, 0.717) is 12.4 Å². The van der Waals surface area contributed by atoms with Gasteiger partial charge in [-0.3, -0.25) is 10.1 Å². The molecule has 0 amide bonds. The number of pyridine rings is 1. The van der Waals surface area contributed by atoms with E-state index in [1.807, 2.05) is 6.92 Å². The van der Waals surface area contributed by atoms with Gasteiger partial charge in [0.1, 0.15) is 11.6 Å². The first-order chi connectivity index (χ1) is 10.0. The Labute approximate surface area is 118 Å². The highest BCUT2D eigenvalue weighted by molar-refractivity contribution is 5.50. The van der Waals surface area contributed by atoms with Crippen molar-refractivity contribution in [3.63, 3.8) is 0 Å². The Morgan fingerprint density at radius 1 is 1.33 bits per heavy atom. The number of benzene rings is 1. The number of nitro groups is 1. The van der Waals surface area contributed by atoms with Crippen LogP contribution in [0.25, 0.3) is 0 Å². The Morgan fingerprint density at radius 3 is 2.76 bits per heavy atom. The molecule has 0 aliphatic heterocycles. The van der Waals surface area contributed by atoms with Crippen molar-refractivity contribution in [2.24, 2.45) is 0 Å². The molecule has 2 rings (SSSR count). The molecule has 8 heteroatoms. The summed E-state index contributed by atoms with van der Waals surface area (Å²) in [7, 11) is 0. The second-order valence-corrected chi connectivity index (χ2v) is 3.99. The van der Waals surface area contributed by atoms with Crippen LogP contribution < -0.4 is 10.1 Å². The van der Waals surface area contributed by atoms with Crippen LogP contribution in [-0.4, -0.2) is 16.5 Å². The van der Waals surface area contributed by atoms with Crippen molar-refractivity contribution in [3.05, 3.63) is 52.1 Å². The molecular formula is C13H11F2N3O3. The minimum atomic E-state index is -0.846. The largest absolute Gasteiger partial charge is 0.430 e. The van der Waals surface area contributed by atoms with E-state index in [2.05, 4.69) is 10.3 Å². The first-order valence-corrected chi connectivity index (χ1v) is 6.03. The maximum atomic E-state index is 13.5. The molecule has 0 saturated carbocycles. The molecule has 2 aromatic rings. The van der Waals surface area contributed by atoms with E-state index in [1.54, 1.807) is 0 Å². The minimum absolute atomic E-state index is 0.329. The van der Waals surface area contributed by atoms with Gasteiger partial charge < -0.3 is 10.1 Å². The van der Waals surface area contributed by atoms with Gasteiger partial charge in [0.15, 0.2) is 11.6 Å². The van der Waals surface area contributed by atoms with Crippen molar-refractivity contribution in [3.8, 4) is 11.6 Å². The molecule has 21 heavy (non-hydrogen) atoms. The summed E-state index contributed by atoms with van der Waals surface area (Å²) in [5.74, 6) is -2.13. The van der Waals surface area contributed by atoms with Crippen LogP contribution in [0.1, 0.15) is 6.92 Å². The zero-order chi connectivity index (χ0) is 15.4. The van der Waals surface area contributed by atoms with Crippen LogP contribution in [0.4, 0.5) is 20.3 Å². The summed E-state index contributed by atoms with van der Waals surface area (Å²) >= 11 is 0. The third-order valence-electron chi connectivity index (χ3n) is 2.49. The SMILES string of the molecule is CCNc1ccc([N+](=O)[O-])c(Oc2cc(F)ccc2F)n1. The van der Waals surface area contributed by atoms with Crippen molar-refractivity contribution in [1.82, 2.24) is 4.98 Å². The summed E-state index contributed by atoms with van der Waals surface area (Å²) in [6.07, 6.45) is 0. The first kappa shape index (κ1) is 14.6. The summed E-state index contributed by atoms with van der Waals surface area (Å²) in [4.78, 5) is 14.1. The van der Waals surface area contributed by atoms with Crippen LogP contribution in [-0.2, 0) is 0 Å². The molecule has 0 aliphatic carbocycles. The van der Waals surface area contributed by atoms with Crippen molar-refractivity contribution < 1.29 is 18.4 Å². The van der Waals surface area contributed by atoms with Gasteiger partial charge in [-0.05, 0) is 25.1 Å². The molecule has 0 fully saturated rings. The molecule has 1 aromatic carbocycles. The average Bonchev–Trinajstić information content (AvgIpc) is 2.43. The quantitative estimate of drug-likeness (QED) is 0.675. The Hall–Kier alpha value is -2.77. The lowest BCUT2D eigenvalue weighted by Gasteiger charge is -2.08. The zero-order valence-corrected chi connectivity index (χ0v) is 11.0. The van der Waals surface area contributed by atoms with Gasteiger partial charge >= 0.3 is 11.6 Å². The molecule has 0 radical (unpaired) electrons. The van der Waals surface area contributed by atoms with Gasteiger partial charge in [-0.15, -0.1) is 0 Å². The summed E-state index contributed by atoms with van der Waals surface area (Å²) in [6, 6.07) is 5.15. The van der Waals surface area contributed by atoms with E-state index in [0.717, 1.165) is 18.2 Å². The maximum Gasteiger partial charge on any atom is 0.331 e. The van der Waals surface area contributed by atoms with Crippen molar-refractivity contribution in [2.45, 2.75) is 6.92 Å². The molecule has 0 aliphatic rings. The minimum Gasteiger partial charge on any atom is -0.430 e. The van der Waals surface area contributed by atoms with Gasteiger partial charge in [-0.1, -0.05) is 0 Å². The fourth-order valence-electron chi connectivity index (χ4n) is 1.59. The average molecular weight is 295 g/mol. The molecule has 110 valence electrons. The van der Waals surface area contributed by atoms with Crippen molar-refractivity contribution >= 4 is 11.5 Å². The fraction of sp³-hybridized carbons (Fsp3) is 0.154. The molecule has 1 N–H and O–H groups in total. The normalized spacial score (nSPS) is 10.2. The van der Waals surface area contributed by atoms with E-state index < -0.39 is 33.9 Å². The highest BCUT2D eigenvalue weighted by Gasteiger charge is 2.20. The van der Waals surface area contributed by atoms with Gasteiger partial charge in [-0.2, -0.15) is 4.98 Å². The number of halogens is 2. The number of nitrogens with zero attached hydrogens (tertiary/aromatic N) is 2. The van der Waals surface area contributed by atoms with Crippen LogP contribution >= 0.6 is 0 Å². The van der Waals surface area contributed by atoms with Gasteiger partial charge in [-0.25, -0.2) is 8.78 Å². The summed E-state index contributed by atoms with van der Waals surface area (Å²) in [6.45, 7) is 2.36. The van der Waals surface area contributed by atoms with E-state index in [9.17, 15) is 18.9 Å². The lowest BCUT2D eigenvalue weighted by molar-refractivity contribution is -0.386. The van der Waals surface area contributed by atoms with Crippen molar-refractivity contribution in [1.29, 1.82) is 0 Å². The fourth-order valence-corrected chi connectivity index (χ4v) is 1.59. The molecule has 0 spiro atoms. The van der Waals surface area contributed by atoms with Gasteiger partial charge in [0.05, 0.1) is 4.92 Å². The van der Waals surface area contributed by atoms with Crippen LogP contribution in [0, 0.1) is 21.7 Å². The first-order valence-electron chi connectivity index (χ1n) is 6.03. The summed E-state index contributed by atoms with van der Waals surface area (Å²) in [5, 5.41) is 13.8. The molecule has 0 bridgehead atoms. The molecule has 0 saturated heterocycles. The van der Waals surface area contributed by atoms with Gasteiger partial charge in [0.25, 0.3) is 0 Å². The number of hydrogen-bond donors (Lipinski definition) is 1. The Balaban J connectivity index is 2.43. The lowest BCUT2D eigenvalue weighted by Crippen LogP contribution is -2.03. The standard InChI is InChI=1S/C13H11F2N3O3/c1-2-16-12-6-5-10(18(19)20)13(17-12)21-11-7-8(14)3-4-9(11)15/h3-7H,2H2,1H3,(H,16,17). The van der Waals surface area contributed by atoms with E-state index in [-0.39, 0.29) is 0 Å². The maximum absolute atomic E-state index is 13.5. The van der Waals surface area contributed by atoms with E-state index in [4.69, 9.17) is 4.74 Å². The number of ether oxygens (including phenoxy) is 1. The molecular weight excluding hydrogens is 284 g/mol. The molecule has 1 aromatic heterocycles. The topological polar surface area (TPSA) is 77.3 Å². The molecule has 1 heterocycles. The van der Waals surface area contributed by atoms with E-state index in [1.165, 1.54) is 12.1 Å². The second kappa shape index (κ2) is 6.12. The number of nitrogens with one attached hydrogen (secondary N) is 1. The Bertz CT molecular complexity index is 680. The molecule has 0 unspecified atom stereocenters. The predicted octanol–water partition coefficient (Wildman–Crippen LogP) is 3.49. The number of rotatable bonds is 5. The summed E-state index contributed by atoms with van der Waals surface area (Å²) in [5.41, 5.74) is -0.444. The highest BCUT2D eigenvalue weighted by Crippen LogP contribution is 2.32. The van der Waals surface area contributed by atoms with Gasteiger partial charge in [0.2, 0.25) is 0 Å².